The number of hydrogen-bond donors (Lipinski definition) is 2. The van der Waals surface area contributed by atoms with Gasteiger partial charge in [-0.15, -0.1) is 0 Å². The zero-order valence-corrected chi connectivity index (χ0v) is 12.3. The second-order valence-corrected chi connectivity index (χ2v) is 5.58. The van der Waals surface area contributed by atoms with E-state index in [1.165, 1.54) is 17.0 Å². The van der Waals surface area contributed by atoms with Gasteiger partial charge < -0.3 is 19.7 Å². The Labute approximate surface area is 115 Å². The molecule has 0 aliphatic carbocycles. The molecule has 19 heavy (non-hydrogen) atoms. The molecule has 2 N–H and O–H groups in total. The molecule has 4 nitrogen and oxygen atoms in total. The molecule has 0 bridgehead atoms. The molecular weight excluding hydrogens is 240 g/mol. The Morgan fingerprint density at radius 2 is 2.05 bits per heavy atom. The van der Waals surface area contributed by atoms with Gasteiger partial charge in [-0.05, 0) is 32.4 Å². The van der Waals surface area contributed by atoms with Gasteiger partial charge in [-0.2, -0.15) is 0 Å². The van der Waals surface area contributed by atoms with Crippen molar-refractivity contribution in [3.63, 3.8) is 0 Å². The lowest BCUT2D eigenvalue weighted by Crippen LogP contribution is -2.44. The molecule has 0 spiro atoms. The maximum Gasteiger partial charge on any atom is 0.0815 e. The first kappa shape index (κ1) is 14.6. The maximum absolute atomic E-state index is 10.4. The fourth-order valence-electron chi connectivity index (χ4n) is 2.90. The molecule has 0 amide bonds. The molecule has 108 valence electrons. The lowest BCUT2D eigenvalue weighted by molar-refractivity contribution is -0.0617. The summed E-state index contributed by atoms with van der Waals surface area (Å²) < 4.78 is 7.61. The van der Waals surface area contributed by atoms with Gasteiger partial charge in [-0.25, -0.2) is 0 Å². The molecule has 4 heteroatoms. The first-order valence-electron chi connectivity index (χ1n) is 7.22. The van der Waals surface area contributed by atoms with Crippen molar-refractivity contribution >= 4 is 0 Å². The molecule has 1 saturated heterocycles. The van der Waals surface area contributed by atoms with Crippen LogP contribution in [-0.4, -0.2) is 35.0 Å². The van der Waals surface area contributed by atoms with Crippen LogP contribution >= 0.6 is 0 Å². The highest BCUT2D eigenvalue weighted by atomic mass is 16.5. The van der Waals surface area contributed by atoms with E-state index in [9.17, 15) is 5.11 Å². The topological polar surface area (TPSA) is 46.4 Å². The monoisotopic (exact) mass is 266 g/mol. The fourth-order valence-corrected chi connectivity index (χ4v) is 2.90. The fraction of sp³-hybridized carbons (Fsp3) is 0.733. The Bertz CT molecular complexity index is 420. The van der Waals surface area contributed by atoms with Gasteiger partial charge >= 0.3 is 0 Å². The van der Waals surface area contributed by atoms with E-state index in [1.54, 1.807) is 0 Å². The first-order chi connectivity index (χ1) is 9.06. The molecule has 1 aromatic heterocycles. The number of aliphatic hydroxyl groups is 1. The molecule has 0 unspecified atom stereocenters. The highest BCUT2D eigenvalue weighted by Crippen LogP contribution is 2.20. The van der Waals surface area contributed by atoms with Crippen molar-refractivity contribution in [1.82, 2.24) is 9.88 Å². The number of aromatic nitrogens is 1. The third-order valence-corrected chi connectivity index (χ3v) is 4.19. The maximum atomic E-state index is 10.4. The summed E-state index contributed by atoms with van der Waals surface area (Å²) in [7, 11) is 0. The Kier molecular flexibility index (Phi) is 4.66. The van der Waals surface area contributed by atoms with Gasteiger partial charge in [0.25, 0.3) is 0 Å². The van der Waals surface area contributed by atoms with Gasteiger partial charge in [0, 0.05) is 57.1 Å². The molecule has 1 aromatic rings. The van der Waals surface area contributed by atoms with Gasteiger partial charge in [-0.1, -0.05) is 0 Å². The van der Waals surface area contributed by atoms with Crippen molar-refractivity contribution < 1.29 is 9.84 Å². The van der Waals surface area contributed by atoms with Gasteiger partial charge in [0.1, 0.15) is 0 Å². The van der Waals surface area contributed by atoms with E-state index >= 15 is 0 Å². The summed E-state index contributed by atoms with van der Waals surface area (Å²) in [4.78, 5) is 0. The van der Waals surface area contributed by atoms with Crippen LogP contribution in [0.4, 0.5) is 0 Å². The van der Waals surface area contributed by atoms with Crippen LogP contribution in [0.2, 0.25) is 0 Å². The Balaban J connectivity index is 1.89. The lowest BCUT2D eigenvalue weighted by atomic mass is 9.94. The van der Waals surface area contributed by atoms with E-state index in [0.717, 1.165) is 25.9 Å². The largest absolute Gasteiger partial charge is 0.388 e. The summed E-state index contributed by atoms with van der Waals surface area (Å²) in [6, 6.07) is 2.24. The average Bonchev–Trinajstić information content (AvgIpc) is 2.65. The van der Waals surface area contributed by atoms with Gasteiger partial charge in [0.15, 0.2) is 0 Å². The van der Waals surface area contributed by atoms with Gasteiger partial charge in [-0.3, -0.25) is 0 Å². The first-order valence-corrected chi connectivity index (χ1v) is 7.22. The third-order valence-electron chi connectivity index (χ3n) is 4.19. The van der Waals surface area contributed by atoms with Crippen LogP contribution in [0.25, 0.3) is 0 Å². The minimum absolute atomic E-state index is 0.589. The summed E-state index contributed by atoms with van der Waals surface area (Å²) >= 11 is 0. The molecule has 1 aliphatic heterocycles. The van der Waals surface area contributed by atoms with Crippen LogP contribution in [-0.2, 0) is 17.8 Å². The van der Waals surface area contributed by atoms with E-state index in [-0.39, 0.29) is 0 Å². The van der Waals surface area contributed by atoms with Crippen LogP contribution in [0.1, 0.15) is 36.7 Å². The minimum Gasteiger partial charge on any atom is -0.388 e. The number of nitrogens with zero attached hydrogens (tertiary/aromatic N) is 1. The second kappa shape index (κ2) is 6.07. The molecule has 1 aliphatic rings. The Morgan fingerprint density at radius 3 is 2.63 bits per heavy atom. The van der Waals surface area contributed by atoms with Gasteiger partial charge in [0.2, 0.25) is 0 Å². The third kappa shape index (κ3) is 3.38. The molecule has 2 rings (SSSR count). The Hall–Kier alpha value is -0.840. The number of ether oxygens (including phenoxy) is 1. The highest BCUT2D eigenvalue weighted by molar-refractivity contribution is 5.26. The predicted octanol–water partition coefficient (Wildman–Crippen LogP) is 1.76. The molecule has 0 saturated carbocycles. The van der Waals surface area contributed by atoms with Crippen LogP contribution in [0.15, 0.2) is 6.07 Å². The van der Waals surface area contributed by atoms with Gasteiger partial charge in [0.05, 0.1) is 5.60 Å². The SMILES string of the molecule is CCn1c(C)cc(CNCC2(O)CCOCC2)c1C. The van der Waals surface area contributed by atoms with Crippen LogP contribution in [0.3, 0.4) is 0 Å². The zero-order valence-electron chi connectivity index (χ0n) is 12.3. The number of rotatable bonds is 5. The summed E-state index contributed by atoms with van der Waals surface area (Å²) in [5.74, 6) is 0. The summed E-state index contributed by atoms with van der Waals surface area (Å²) in [6.45, 7) is 10.3. The standard InChI is InChI=1S/C15H26N2O2/c1-4-17-12(2)9-14(13(17)3)10-16-11-15(18)5-7-19-8-6-15/h9,16,18H,4-8,10-11H2,1-3H3. The van der Waals surface area contributed by atoms with E-state index in [2.05, 4.69) is 36.7 Å². The minimum atomic E-state index is -0.589. The number of hydrogen-bond acceptors (Lipinski definition) is 3. The van der Waals surface area contributed by atoms with Crippen molar-refractivity contribution in [2.45, 2.75) is 52.3 Å². The second-order valence-electron chi connectivity index (χ2n) is 5.58. The normalized spacial score (nSPS) is 18.7. The molecule has 1 fully saturated rings. The highest BCUT2D eigenvalue weighted by Gasteiger charge is 2.29. The number of aryl methyl sites for hydroxylation is 1. The van der Waals surface area contributed by atoms with E-state index in [4.69, 9.17) is 4.74 Å². The average molecular weight is 266 g/mol. The lowest BCUT2D eigenvalue weighted by Gasteiger charge is -2.32. The Morgan fingerprint density at radius 1 is 1.37 bits per heavy atom. The molecule has 0 aromatic carbocycles. The molecule has 0 radical (unpaired) electrons. The van der Waals surface area contributed by atoms with Crippen LogP contribution in [0, 0.1) is 13.8 Å². The van der Waals surface area contributed by atoms with Crippen molar-refractivity contribution in [1.29, 1.82) is 0 Å². The van der Waals surface area contributed by atoms with Crippen molar-refractivity contribution in [2.24, 2.45) is 0 Å². The summed E-state index contributed by atoms with van der Waals surface area (Å²) in [5.41, 5.74) is 3.37. The van der Waals surface area contributed by atoms with E-state index in [1.807, 2.05) is 0 Å². The zero-order chi connectivity index (χ0) is 13.9. The summed E-state index contributed by atoms with van der Waals surface area (Å²) in [5, 5.41) is 13.8. The smallest absolute Gasteiger partial charge is 0.0815 e. The molecular formula is C15H26N2O2. The van der Waals surface area contributed by atoms with Crippen LogP contribution < -0.4 is 5.32 Å². The quantitative estimate of drug-likeness (QED) is 0.853. The van der Waals surface area contributed by atoms with Crippen molar-refractivity contribution in [3.05, 3.63) is 23.0 Å². The van der Waals surface area contributed by atoms with E-state index < -0.39 is 5.60 Å². The predicted molar refractivity (Wildman–Crippen MR) is 76.3 cm³/mol. The van der Waals surface area contributed by atoms with Crippen molar-refractivity contribution in [2.75, 3.05) is 19.8 Å². The van der Waals surface area contributed by atoms with Crippen LogP contribution in [0.5, 0.6) is 0 Å². The molecule has 0 atom stereocenters. The molecule has 2 heterocycles. The number of nitrogens with one attached hydrogen (secondary N) is 1. The van der Waals surface area contributed by atoms with Crippen molar-refractivity contribution in [3.8, 4) is 0 Å². The van der Waals surface area contributed by atoms with E-state index in [0.29, 0.717) is 19.8 Å². The summed E-state index contributed by atoms with van der Waals surface area (Å²) in [6.07, 6.45) is 1.46.